The Bertz CT molecular complexity index is 1060. The summed E-state index contributed by atoms with van der Waals surface area (Å²) in [4.78, 5) is 12.0. The van der Waals surface area contributed by atoms with E-state index in [1.807, 2.05) is 18.2 Å². The number of esters is 1. The minimum atomic E-state index is -0.285. The standard InChI is InChI=1S/C24H21NO2/c1-27-24(26)16-12-13-22-21(14-16)18-9-5-11-20(18)23(25-22)19-10-4-7-15-6-2-3-8-17(15)19/h2-10,12-14,18,20,23,25H,11H2,1H3. The van der Waals surface area contributed by atoms with Crippen molar-refractivity contribution in [3.05, 3.63) is 89.5 Å². The molecule has 27 heavy (non-hydrogen) atoms. The first kappa shape index (κ1) is 16.1. The third-order valence-corrected chi connectivity index (χ3v) is 5.94. The molecule has 1 aliphatic heterocycles. The predicted octanol–water partition coefficient (Wildman–Crippen LogP) is 5.45. The fourth-order valence-corrected chi connectivity index (χ4v) is 4.67. The summed E-state index contributed by atoms with van der Waals surface area (Å²) in [7, 11) is 1.43. The van der Waals surface area contributed by atoms with E-state index in [1.165, 1.54) is 29.0 Å². The largest absolute Gasteiger partial charge is 0.465 e. The zero-order chi connectivity index (χ0) is 18.4. The Balaban J connectivity index is 1.62. The average molecular weight is 355 g/mol. The van der Waals surface area contributed by atoms with Gasteiger partial charge in [0.2, 0.25) is 0 Å². The quantitative estimate of drug-likeness (QED) is 0.490. The molecule has 3 unspecified atom stereocenters. The van der Waals surface area contributed by atoms with Crippen molar-refractivity contribution in [1.29, 1.82) is 0 Å². The number of allylic oxidation sites excluding steroid dienone is 2. The van der Waals surface area contributed by atoms with Gasteiger partial charge in [0.1, 0.15) is 0 Å². The number of carbonyl (C=O) groups is 1. The van der Waals surface area contributed by atoms with Crippen LogP contribution in [0, 0.1) is 5.92 Å². The van der Waals surface area contributed by atoms with Crippen molar-refractivity contribution in [2.24, 2.45) is 5.92 Å². The van der Waals surface area contributed by atoms with E-state index in [2.05, 4.69) is 59.9 Å². The van der Waals surface area contributed by atoms with E-state index in [4.69, 9.17) is 4.74 Å². The van der Waals surface area contributed by atoms with Crippen molar-refractivity contribution in [1.82, 2.24) is 0 Å². The molecule has 0 aromatic heterocycles. The SMILES string of the molecule is COC(=O)c1ccc2c(c1)C1C=CCC1C(c1cccc3ccccc13)N2. The molecule has 0 spiro atoms. The topological polar surface area (TPSA) is 38.3 Å². The molecular formula is C24H21NO2. The van der Waals surface area contributed by atoms with Crippen LogP contribution in [0.25, 0.3) is 10.8 Å². The summed E-state index contributed by atoms with van der Waals surface area (Å²) in [5, 5.41) is 6.34. The smallest absolute Gasteiger partial charge is 0.337 e. The molecule has 1 heterocycles. The molecule has 0 fully saturated rings. The van der Waals surface area contributed by atoms with Crippen LogP contribution in [0.5, 0.6) is 0 Å². The molecule has 3 atom stereocenters. The average Bonchev–Trinajstić information content (AvgIpc) is 3.22. The van der Waals surface area contributed by atoms with Crippen LogP contribution in [0.1, 0.15) is 39.9 Å². The van der Waals surface area contributed by atoms with Crippen LogP contribution < -0.4 is 5.32 Å². The number of hydrogen-bond acceptors (Lipinski definition) is 3. The highest BCUT2D eigenvalue weighted by molar-refractivity contribution is 5.91. The van der Waals surface area contributed by atoms with Crippen LogP contribution in [-0.2, 0) is 4.74 Å². The molecule has 1 aliphatic carbocycles. The molecule has 3 aromatic rings. The third-order valence-electron chi connectivity index (χ3n) is 5.94. The summed E-state index contributed by atoms with van der Waals surface area (Å²) < 4.78 is 4.90. The van der Waals surface area contributed by atoms with Crippen molar-refractivity contribution in [3.63, 3.8) is 0 Å². The number of nitrogens with one attached hydrogen (secondary N) is 1. The summed E-state index contributed by atoms with van der Waals surface area (Å²) in [6, 6.07) is 21.2. The fraction of sp³-hybridized carbons (Fsp3) is 0.208. The summed E-state index contributed by atoms with van der Waals surface area (Å²) in [6.07, 6.45) is 5.60. The molecule has 3 heteroatoms. The lowest BCUT2D eigenvalue weighted by atomic mass is 9.76. The van der Waals surface area contributed by atoms with Gasteiger partial charge >= 0.3 is 5.97 Å². The Morgan fingerprint density at radius 2 is 1.89 bits per heavy atom. The van der Waals surface area contributed by atoms with Crippen LogP contribution in [0.2, 0.25) is 0 Å². The summed E-state index contributed by atoms with van der Waals surface area (Å²) in [5.74, 6) is 0.471. The molecule has 3 aromatic carbocycles. The Hall–Kier alpha value is -3.07. The first-order chi connectivity index (χ1) is 13.3. The minimum Gasteiger partial charge on any atom is -0.465 e. The Morgan fingerprint density at radius 1 is 1.04 bits per heavy atom. The number of methoxy groups -OCH3 is 1. The third kappa shape index (κ3) is 2.54. The molecule has 0 bridgehead atoms. The molecule has 134 valence electrons. The summed E-state index contributed by atoms with van der Waals surface area (Å²) in [5.41, 5.74) is 4.25. The maximum absolute atomic E-state index is 12.0. The van der Waals surface area contributed by atoms with Crippen molar-refractivity contribution in [2.45, 2.75) is 18.4 Å². The second-order valence-corrected chi connectivity index (χ2v) is 7.34. The summed E-state index contributed by atoms with van der Waals surface area (Å²) in [6.45, 7) is 0. The van der Waals surface area contributed by atoms with Crippen LogP contribution in [0.3, 0.4) is 0 Å². The lowest BCUT2D eigenvalue weighted by Gasteiger charge is -2.38. The molecule has 0 amide bonds. The minimum absolute atomic E-state index is 0.243. The van der Waals surface area contributed by atoms with Crippen molar-refractivity contribution < 1.29 is 9.53 Å². The first-order valence-electron chi connectivity index (χ1n) is 9.39. The predicted molar refractivity (Wildman–Crippen MR) is 108 cm³/mol. The van der Waals surface area contributed by atoms with E-state index in [-0.39, 0.29) is 12.0 Å². The van der Waals surface area contributed by atoms with Gasteiger partial charge in [-0.05, 0) is 52.4 Å². The van der Waals surface area contributed by atoms with Crippen LogP contribution in [0.15, 0.2) is 72.8 Å². The lowest BCUT2D eigenvalue weighted by molar-refractivity contribution is 0.0600. The number of fused-ring (bicyclic) bond motifs is 4. The zero-order valence-corrected chi connectivity index (χ0v) is 15.2. The van der Waals surface area contributed by atoms with Gasteiger partial charge in [0.15, 0.2) is 0 Å². The van der Waals surface area contributed by atoms with E-state index in [0.717, 1.165) is 12.1 Å². The van der Waals surface area contributed by atoms with Gasteiger partial charge < -0.3 is 10.1 Å². The molecular weight excluding hydrogens is 334 g/mol. The van der Waals surface area contributed by atoms with Crippen molar-refractivity contribution in [2.75, 3.05) is 12.4 Å². The Labute approximate surface area is 158 Å². The highest BCUT2D eigenvalue weighted by Crippen LogP contribution is 2.50. The number of anilines is 1. The van der Waals surface area contributed by atoms with E-state index < -0.39 is 0 Å². The maximum Gasteiger partial charge on any atom is 0.337 e. The Morgan fingerprint density at radius 3 is 2.78 bits per heavy atom. The first-order valence-corrected chi connectivity index (χ1v) is 9.39. The normalized spacial score (nSPS) is 22.8. The van der Waals surface area contributed by atoms with Crippen molar-refractivity contribution >= 4 is 22.4 Å². The van der Waals surface area contributed by atoms with Crippen LogP contribution in [-0.4, -0.2) is 13.1 Å². The molecule has 2 aliphatic rings. The van der Waals surface area contributed by atoms with E-state index in [9.17, 15) is 4.79 Å². The molecule has 1 N–H and O–H groups in total. The fourth-order valence-electron chi connectivity index (χ4n) is 4.67. The molecule has 0 radical (unpaired) electrons. The van der Waals surface area contributed by atoms with Gasteiger partial charge in [0.05, 0.1) is 18.7 Å². The molecule has 0 saturated carbocycles. The van der Waals surface area contributed by atoms with Gasteiger partial charge in [-0.15, -0.1) is 0 Å². The van der Waals surface area contributed by atoms with Crippen LogP contribution >= 0.6 is 0 Å². The highest BCUT2D eigenvalue weighted by Gasteiger charge is 2.38. The van der Waals surface area contributed by atoms with Crippen LogP contribution in [0.4, 0.5) is 5.69 Å². The monoisotopic (exact) mass is 355 g/mol. The summed E-state index contributed by atoms with van der Waals surface area (Å²) >= 11 is 0. The van der Waals surface area contributed by atoms with Crippen molar-refractivity contribution in [3.8, 4) is 0 Å². The van der Waals surface area contributed by atoms with Gasteiger partial charge in [0.25, 0.3) is 0 Å². The second kappa shape index (κ2) is 6.27. The number of rotatable bonds is 2. The van der Waals surface area contributed by atoms with Gasteiger partial charge in [-0.1, -0.05) is 54.6 Å². The molecule has 3 nitrogen and oxygen atoms in total. The number of benzene rings is 3. The zero-order valence-electron chi connectivity index (χ0n) is 15.2. The van der Waals surface area contributed by atoms with Gasteiger partial charge in [-0.25, -0.2) is 4.79 Å². The second-order valence-electron chi connectivity index (χ2n) is 7.34. The van der Waals surface area contributed by atoms with E-state index in [0.29, 0.717) is 17.4 Å². The van der Waals surface area contributed by atoms with Gasteiger partial charge in [-0.3, -0.25) is 0 Å². The van der Waals surface area contributed by atoms with Gasteiger partial charge in [0, 0.05) is 11.6 Å². The number of carbonyl (C=O) groups excluding carboxylic acids is 1. The maximum atomic E-state index is 12.0. The lowest BCUT2D eigenvalue weighted by Crippen LogP contribution is -2.29. The molecule has 0 saturated heterocycles. The highest BCUT2D eigenvalue weighted by atomic mass is 16.5. The number of ether oxygens (including phenoxy) is 1. The van der Waals surface area contributed by atoms with E-state index in [1.54, 1.807) is 0 Å². The Kier molecular flexibility index (Phi) is 3.75. The number of hydrogen-bond donors (Lipinski definition) is 1. The van der Waals surface area contributed by atoms with Gasteiger partial charge in [-0.2, -0.15) is 0 Å². The van der Waals surface area contributed by atoms with E-state index >= 15 is 0 Å². The molecule has 5 rings (SSSR count).